The summed E-state index contributed by atoms with van der Waals surface area (Å²) in [7, 11) is 1.63. The first kappa shape index (κ1) is 12.5. The Morgan fingerprint density at radius 3 is 2.50 bits per heavy atom. The lowest BCUT2D eigenvalue weighted by Gasteiger charge is -2.20. The Balaban J connectivity index is 2.02. The van der Waals surface area contributed by atoms with Crippen LogP contribution in [0.3, 0.4) is 0 Å². The Morgan fingerprint density at radius 2 is 1.94 bits per heavy atom. The smallest absolute Gasteiger partial charge is 0.332 e. The van der Waals surface area contributed by atoms with Crippen LogP contribution in [0.25, 0.3) is 0 Å². The Hall–Kier alpha value is -1.95. The third-order valence-corrected chi connectivity index (χ3v) is 2.95. The van der Waals surface area contributed by atoms with Crippen molar-refractivity contribution in [1.82, 2.24) is 4.98 Å². The number of amides is 1. The van der Waals surface area contributed by atoms with E-state index in [1.54, 1.807) is 31.6 Å². The molecule has 2 rings (SSSR count). The molecule has 1 aliphatic heterocycles. The van der Waals surface area contributed by atoms with Crippen LogP contribution in [0.1, 0.15) is 12.8 Å². The maximum atomic E-state index is 12.1. The van der Waals surface area contributed by atoms with Gasteiger partial charge in [0, 0.05) is 25.1 Å². The second-order valence-corrected chi connectivity index (χ2v) is 4.13. The van der Waals surface area contributed by atoms with Gasteiger partial charge < -0.3 is 14.7 Å². The lowest BCUT2D eigenvalue weighted by Crippen LogP contribution is -2.37. The van der Waals surface area contributed by atoms with E-state index in [2.05, 4.69) is 4.98 Å². The summed E-state index contributed by atoms with van der Waals surface area (Å²) in [6.45, 7) is 0. The number of carboxylic acid groups (broad SMARTS) is 1. The summed E-state index contributed by atoms with van der Waals surface area (Å²) < 4.78 is 5.22. The van der Waals surface area contributed by atoms with E-state index in [1.165, 1.54) is 4.90 Å². The van der Waals surface area contributed by atoms with Crippen molar-refractivity contribution in [3.05, 3.63) is 24.5 Å². The third kappa shape index (κ3) is 2.48. The van der Waals surface area contributed by atoms with Gasteiger partial charge in [0.25, 0.3) is 5.91 Å². The number of rotatable bonds is 3. The van der Waals surface area contributed by atoms with E-state index in [0.717, 1.165) is 0 Å². The Bertz CT molecular complexity index is 449. The van der Waals surface area contributed by atoms with Crippen molar-refractivity contribution in [2.75, 3.05) is 11.9 Å². The molecule has 96 valence electrons. The average Bonchev–Trinajstić information content (AvgIpc) is 2.88. The fourth-order valence-electron chi connectivity index (χ4n) is 1.91. The molecule has 0 aromatic carbocycles. The molecule has 1 saturated heterocycles. The zero-order chi connectivity index (χ0) is 13.1. The number of aliphatic carboxylic acids is 1. The van der Waals surface area contributed by atoms with Crippen LogP contribution in [-0.4, -0.2) is 41.2 Å². The number of carbonyl (C=O) groups excluding carboxylic acids is 1. The van der Waals surface area contributed by atoms with Crippen molar-refractivity contribution in [3.63, 3.8) is 0 Å². The van der Waals surface area contributed by atoms with Gasteiger partial charge in [0.1, 0.15) is 6.10 Å². The SMILES string of the molecule is CN(C(=O)[C@@H]1CC[C@H](C(=O)O)O1)c1ccncc1. The van der Waals surface area contributed by atoms with Crippen molar-refractivity contribution < 1.29 is 19.4 Å². The van der Waals surface area contributed by atoms with Gasteiger partial charge in [0.05, 0.1) is 0 Å². The van der Waals surface area contributed by atoms with E-state index in [4.69, 9.17) is 9.84 Å². The molecule has 1 aromatic rings. The first-order chi connectivity index (χ1) is 8.59. The molecule has 0 saturated carbocycles. The van der Waals surface area contributed by atoms with Gasteiger partial charge in [-0.3, -0.25) is 9.78 Å². The minimum Gasteiger partial charge on any atom is -0.479 e. The average molecular weight is 250 g/mol. The molecule has 0 spiro atoms. The lowest BCUT2D eigenvalue weighted by atomic mass is 10.2. The molecule has 6 nitrogen and oxygen atoms in total. The van der Waals surface area contributed by atoms with E-state index in [1.807, 2.05) is 0 Å². The molecule has 0 radical (unpaired) electrons. The summed E-state index contributed by atoms with van der Waals surface area (Å²) in [6, 6.07) is 3.42. The normalized spacial score (nSPS) is 22.7. The highest BCUT2D eigenvalue weighted by atomic mass is 16.5. The van der Waals surface area contributed by atoms with E-state index in [0.29, 0.717) is 18.5 Å². The highest BCUT2D eigenvalue weighted by molar-refractivity contribution is 5.96. The maximum Gasteiger partial charge on any atom is 0.332 e. The van der Waals surface area contributed by atoms with Gasteiger partial charge in [0.2, 0.25) is 0 Å². The number of likely N-dealkylation sites (N-methyl/N-ethyl adjacent to an activating group) is 1. The molecule has 2 heterocycles. The lowest BCUT2D eigenvalue weighted by molar-refractivity contribution is -0.151. The zero-order valence-electron chi connectivity index (χ0n) is 9.94. The van der Waals surface area contributed by atoms with Gasteiger partial charge in [-0.2, -0.15) is 0 Å². The molecule has 1 amide bonds. The fourth-order valence-corrected chi connectivity index (χ4v) is 1.91. The number of anilines is 1. The molecule has 1 aromatic heterocycles. The third-order valence-electron chi connectivity index (χ3n) is 2.95. The predicted molar refractivity (Wildman–Crippen MR) is 63.2 cm³/mol. The van der Waals surface area contributed by atoms with Crippen molar-refractivity contribution in [2.45, 2.75) is 25.0 Å². The molecule has 18 heavy (non-hydrogen) atoms. The Labute approximate surface area is 104 Å². The summed E-state index contributed by atoms with van der Waals surface area (Å²) in [5.41, 5.74) is 0.706. The second kappa shape index (κ2) is 5.14. The van der Waals surface area contributed by atoms with Crippen molar-refractivity contribution in [1.29, 1.82) is 0 Å². The Kier molecular flexibility index (Phi) is 3.57. The number of hydrogen-bond acceptors (Lipinski definition) is 4. The van der Waals surface area contributed by atoms with Crippen LogP contribution < -0.4 is 4.90 Å². The molecule has 1 aliphatic rings. The van der Waals surface area contributed by atoms with E-state index in [-0.39, 0.29) is 5.91 Å². The number of nitrogens with zero attached hydrogens (tertiary/aromatic N) is 2. The molecule has 1 fully saturated rings. The van der Waals surface area contributed by atoms with Crippen LogP contribution in [-0.2, 0) is 14.3 Å². The fraction of sp³-hybridized carbons (Fsp3) is 0.417. The van der Waals surface area contributed by atoms with Crippen molar-refractivity contribution in [2.24, 2.45) is 0 Å². The second-order valence-electron chi connectivity index (χ2n) is 4.13. The van der Waals surface area contributed by atoms with E-state index in [9.17, 15) is 9.59 Å². The summed E-state index contributed by atoms with van der Waals surface area (Å²) in [4.78, 5) is 28.2. The van der Waals surface area contributed by atoms with Crippen LogP contribution in [0.4, 0.5) is 5.69 Å². The van der Waals surface area contributed by atoms with Crippen LogP contribution >= 0.6 is 0 Å². The number of aromatic nitrogens is 1. The van der Waals surface area contributed by atoms with E-state index < -0.39 is 18.2 Å². The predicted octanol–water partition coefficient (Wildman–Crippen LogP) is 0.677. The maximum absolute atomic E-state index is 12.1. The van der Waals surface area contributed by atoms with Crippen molar-refractivity contribution >= 4 is 17.6 Å². The standard InChI is InChI=1S/C12H14N2O4/c1-14(8-4-6-13-7-5-8)11(15)9-2-3-10(18-9)12(16)17/h4-7,9-10H,2-3H2,1H3,(H,16,17)/t9-,10+/m0/s1. The van der Waals surface area contributed by atoms with Gasteiger partial charge in [0.15, 0.2) is 6.10 Å². The van der Waals surface area contributed by atoms with Crippen LogP contribution in [0, 0.1) is 0 Å². The summed E-state index contributed by atoms with van der Waals surface area (Å²) in [5.74, 6) is -1.25. The summed E-state index contributed by atoms with van der Waals surface area (Å²) >= 11 is 0. The summed E-state index contributed by atoms with van der Waals surface area (Å²) in [6.07, 6.45) is 2.44. The number of carbonyl (C=O) groups is 2. The van der Waals surface area contributed by atoms with Crippen LogP contribution in [0.15, 0.2) is 24.5 Å². The Morgan fingerprint density at radius 1 is 1.33 bits per heavy atom. The number of ether oxygens (including phenoxy) is 1. The van der Waals surface area contributed by atoms with Gasteiger partial charge >= 0.3 is 5.97 Å². The van der Waals surface area contributed by atoms with Gasteiger partial charge in [-0.05, 0) is 25.0 Å². The minimum absolute atomic E-state index is 0.232. The molecule has 0 aliphatic carbocycles. The first-order valence-electron chi connectivity index (χ1n) is 5.65. The number of carboxylic acids is 1. The van der Waals surface area contributed by atoms with Gasteiger partial charge in [-0.15, -0.1) is 0 Å². The highest BCUT2D eigenvalue weighted by Crippen LogP contribution is 2.23. The molecule has 6 heteroatoms. The quantitative estimate of drug-likeness (QED) is 0.853. The first-order valence-corrected chi connectivity index (χ1v) is 5.65. The monoisotopic (exact) mass is 250 g/mol. The van der Waals surface area contributed by atoms with Crippen molar-refractivity contribution in [3.8, 4) is 0 Å². The number of pyridine rings is 1. The molecular formula is C12H14N2O4. The molecule has 2 atom stereocenters. The topological polar surface area (TPSA) is 79.7 Å². The van der Waals surface area contributed by atoms with Crippen LogP contribution in [0.5, 0.6) is 0 Å². The molecule has 0 unspecified atom stereocenters. The minimum atomic E-state index is -1.02. The molecule has 0 bridgehead atoms. The zero-order valence-corrected chi connectivity index (χ0v) is 9.94. The molecule has 1 N–H and O–H groups in total. The largest absolute Gasteiger partial charge is 0.479 e. The van der Waals surface area contributed by atoms with Gasteiger partial charge in [-0.1, -0.05) is 0 Å². The van der Waals surface area contributed by atoms with E-state index >= 15 is 0 Å². The summed E-state index contributed by atoms with van der Waals surface area (Å²) in [5, 5.41) is 8.81. The van der Waals surface area contributed by atoms with Gasteiger partial charge in [-0.25, -0.2) is 4.79 Å². The number of hydrogen-bond donors (Lipinski definition) is 1. The molecular weight excluding hydrogens is 236 g/mol. The highest BCUT2D eigenvalue weighted by Gasteiger charge is 2.36. The van der Waals surface area contributed by atoms with Crippen LogP contribution in [0.2, 0.25) is 0 Å².